The van der Waals surface area contributed by atoms with Crippen LogP contribution in [0.3, 0.4) is 0 Å². The van der Waals surface area contributed by atoms with Gasteiger partial charge in [-0.2, -0.15) is 19.1 Å². The summed E-state index contributed by atoms with van der Waals surface area (Å²) in [6.45, 7) is 4.43. The molecule has 0 unspecified atom stereocenters. The highest BCUT2D eigenvalue weighted by Gasteiger charge is 2.24. The van der Waals surface area contributed by atoms with Crippen LogP contribution in [-0.2, 0) is 47.5 Å². The Kier molecular flexibility index (Phi) is 16.9. The fraction of sp³-hybridized carbons (Fsp3) is 0.200. The van der Waals surface area contributed by atoms with E-state index in [1.54, 1.807) is 106 Å². The number of hydrogen-bond donors (Lipinski definition) is 1. The van der Waals surface area contributed by atoms with Crippen molar-refractivity contribution >= 4 is 32.0 Å². The van der Waals surface area contributed by atoms with E-state index in [9.17, 15) is 45.7 Å². The summed E-state index contributed by atoms with van der Waals surface area (Å²) in [5.74, 6) is -2.07. The van der Waals surface area contributed by atoms with E-state index in [0.29, 0.717) is 50.3 Å². The van der Waals surface area contributed by atoms with Crippen LogP contribution in [0.25, 0.3) is 22.3 Å². The molecule has 0 aromatic heterocycles. The van der Waals surface area contributed by atoms with Crippen LogP contribution in [0.5, 0.6) is 11.5 Å². The summed E-state index contributed by atoms with van der Waals surface area (Å²) in [4.78, 5) is 23.0. The fourth-order valence-electron chi connectivity index (χ4n) is 6.47. The van der Waals surface area contributed by atoms with Gasteiger partial charge in [0.2, 0.25) is 20.0 Å². The fourth-order valence-corrected chi connectivity index (χ4v) is 8.79. The molecule has 0 spiro atoms. The first-order valence-corrected chi connectivity index (χ1v) is 23.4. The largest absolute Gasteiger partial charge is 0.481 e. The molecule has 0 aliphatic carbocycles. The Bertz CT molecular complexity index is 3090. The second-order valence-corrected chi connectivity index (χ2v) is 20.1. The van der Waals surface area contributed by atoms with E-state index in [4.69, 9.17) is 19.3 Å². The molecule has 0 aliphatic rings. The maximum absolute atomic E-state index is 13.2. The molecule has 18 heteroatoms. The topological polar surface area (TPSA) is 204 Å². The van der Waals surface area contributed by atoms with E-state index in [1.807, 2.05) is 6.07 Å². The summed E-state index contributed by atoms with van der Waals surface area (Å²) in [5.41, 5.74) is 3.83. The standard InChI is InChI=1S/C27H27FN2O5S.C23H19FN2O5S/c1-27(2,3)35-26(31)18-34-25-13-8-20(15-24(25)21-7-5-6-19(14-21)16-29)17-30(4)36(32,33)23-11-9-22(28)10-12-23;1-26(32(29,30)20-8-6-19(24)7-9-20)14-17-5-10-22(31-15-23(27)28)21(12-17)18-4-2-3-16(11-18)13-25/h5-15H,17-18H2,1-4H3;2-12H,14-15H2,1H3,(H,27,28). The van der Waals surface area contributed by atoms with Crippen LogP contribution >= 0.6 is 0 Å². The van der Waals surface area contributed by atoms with Crippen LogP contribution in [0.1, 0.15) is 43.0 Å². The number of sulfonamides is 2. The van der Waals surface area contributed by atoms with E-state index in [2.05, 4.69) is 6.07 Å². The molecule has 0 amide bonds. The molecule has 0 fully saturated rings. The number of carbonyl (C=O) groups excluding carboxylic acids is 1. The second kappa shape index (κ2) is 22.3. The van der Waals surface area contributed by atoms with Gasteiger partial charge in [-0.15, -0.1) is 0 Å². The lowest BCUT2D eigenvalue weighted by Gasteiger charge is -2.21. The molecule has 0 heterocycles. The lowest BCUT2D eigenvalue weighted by molar-refractivity contribution is -0.157. The number of benzene rings is 6. The number of aliphatic carboxylic acids is 1. The minimum absolute atomic E-state index is 0.00383. The summed E-state index contributed by atoms with van der Waals surface area (Å²) in [6.07, 6.45) is 0. The molecular formula is C50H46F2N4O10S2. The zero-order valence-corrected chi connectivity index (χ0v) is 39.1. The average molecular weight is 965 g/mol. The van der Waals surface area contributed by atoms with Gasteiger partial charge in [0.05, 0.1) is 33.1 Å². The number of hydrogen-bond acceptors (Lipinski definition) is 11. The zero-order chi connectivity index (χ0) is 49.8. The number of nitriles is 2. The van der Waals surface area contributed by atoms with Gasteiger partial charge in [0.15, 0.2) is 13.2 Å². The molecule has 6 aromatic rings. The third-order valence-corrected chi connectivity index (χ3v) is 13.3. The van der Waals surface area contributed by atoms with Crippen molar-refractivity contribution in [3.63, 3.8) is 0 Å². The van der Waals surface area contributed by atoms with E-state index in [1.165, 1.54) is 38.4 Å². The second-order valence-electron chi connectivity index (χ2n) is 16.0. The van der Waals surface area contributed by atoms with E-state index in [-0.39, 0.29) is 35.2 Å². The SMILES string of the molecule is CN(Cc1ccc(OCC(=O)O)c(-c2cccc(C#N)c2)c1)S(=O)(=O)c1ccc(F)cc1.CN(Cc1ccc(OCC(=O)OC(C)(C)C)c(-c2cccc(C#N)c2)c1)S(=O)(=O)c1ccc(F)cc1. The Morgan fingerprint density at radius 2 is 1.00 bits per heavy atom. The Labute approximate surface area is 393 Å². The third-order valence-electron chi connectivity index (χ3n) is 9.66. The highest BCUT2D eigenvalue weighted by molar-refractivity contribution is 7.89. The molecule has 6 aromatic carbocycles. The first-order valence-electron chi connectivity index (χ1n) is 20.5. The van der Waals surface area contributed by atoms with Gasteiger partial charge in [-0.05, 0) is 140 Å². The number of carboxylic acid groups (broad SMARTS) is 1. The van der Waals surface area contributed by atoms with Crippen LogP contribution in [0.4, 0.5) is 8.78 Å². The number of carbonyl (C=O) groups is 2. The molecule has 68 heavy (non-hydrogen) atoms. The Hall–Kier alpha value is -7.48. The number of ether oxygens (including phenoxy) is 3. The van der Waals surface area contributed by atoms with Gasteiger partial charge < -0.3 is 19.3 Å². The molecular weight excluding hydrogens is 919 g/mol. The molecule has 1 N–H and O–H groups in total. The molecule has 0 atom stereocenters. The molecule has 0 aliphatic heterocycles. The van der Waals surface area contributed by atoms with Gasteiger partial charge in [-0.3, -0.25) is 0 Å². The van der Waals surface area contributed by atoms with Crippen LogP contribution in [-0.4, -0.2) is 75.4 Å². The maximum atomic E-state index is 13.2. The minimum Gasteiger partial charge on any atom is -0.481 e. The van der Waals surface area contributed by atoms with E-state index >= 15 is 0 Å². The van der Waals surface area contributed by atoms with E-state index in [0.717, 1.165) is 32.9 Å². The minimum atomic E-state index is -3.86. The average Bonchev–Trinajstić information content (AvgIpc) is 3.30. The maximum Gasteiger partial charge on any atom is 0.344 e. The molecule has 14 nitrogen and oxygen atoms in total. The third kappa shape index (κ3) is 14.0. The van der Waals surface area contributed by atoms with Crippen molar-refractivity contribution in [3.05, 3.63) is 167 Å². The Morgan fingerprint density at radius 1 is 0.603 bits per heavy atom. The predicted octanol–water partition coefficient (Wildman–Crippen LogP) is 8.55. The summed E-state index contributed by atoms with van der Waals surface area (Å²) in [5, 5.41) is 27.4. The number of esters is 1. The molecule has 0 saturated carbocycles. The lowest BCUT2D eigenvalue weighted by atomic mass is 10.00. The molecule has 6 rings (SSSR count). The van der Waals surface area contributed by atoms with Gasteiger partial charge in [-0.1, -0.05) is 36.4 Å². The van der Waals surface area contributed by atoms with Crippen molar-refractivity contribution in [1.29, 1.82) is 10.5 Å². The first-order chi connectivity index (χ1) is 32.1. The van der Waals surface area contributed by atoms with E-state index < -0.39 is 55.8 Å². The quantitative estimate of drug-likeness (QED) is 0.0907. The predicted molar refractivity (Wildman–Crippen MR) is 248 cm³/mol. The number of halogens is 2. The highest BCUT2D eigenvalue weighted by atomic mass is 32.2. The van der Waals surface area contributed by atoms with Crippen LogP contribution in [0.2, 0.25) is 0 Å². The van der Waals surface area contributed by atoms with Crippen molar-refractivity contribution in [2.75, 3.05) is 27.3 Å². The summed E-state index contributed by atoms with van der Waals surface area (Å²) in [6, 6.07) is 36.8. The molecule has 352 valence electrons. The van der Waals surface area contributed by atoms with Crippen molar-refractivity contribution in [2.45, 2.75) is 49.3 Å². The van der Waals surface area contributed by atoms with Gasteiger partial charge in [0, 0.05) is 38.3 Å². The van der Waals surface area contributed by atoms with Crippen LogP contribution < -0.4 is 9.47 Å². The molecule has 0 bridgehead atoms. The summed E-state index contributed by atoms with van der Waals surface area (Å²) < 4.78 is 96.6. The van der Waals surface area contributed by atoms with Crippen LogP contribution in [0, 0.1) is 34.3 Å². The van der Waals surface area contributed by atoms with Crippen molar-refractivity contribution < 1.29 is 54.5 Å². The van der Waals surface area contributed by atoms with Gasteiger partial charge >= 0.3 is 11.9 Å². The molecule has 0 saturated heterocycles. The van der Waals surface area contributed by atoms with Crippen molar-refractivity contribution in [1.82, 2.24) is 8.61 Å². The monoisotopic (exact) mass is 964 g/mol. The Balaban J connectivity index is 0.000000256. The zero-order valence-electron chi connectivity index (χ0n) is 37.5. The van der Waals surface area contributed by atoms with Gasteiger partial charge in [0.1, 0.15) is 28.7 Å². The normalized spacial score (nSPS) is 11.5. The lowest BCUT2D eigenvalue weighted by Crippen LogP contribution is -2.27. The van der Waals surface area contributed by atoms with Gasteiger partial charge in [0.25, 0.3) is 0 Å². The number of nitrogens with zero attached hydrogens (tertiary/aromatic N) is 4. The smallest absolute Gasteiger partial charge is 0.344 e. The molecule has 0 radical (unpaired) electrons. The Morgan fingerprint density at radius 3 is 1.37 bits per heavy atom. The van der Waals surface area contributed by atoms with Crippen LogP contribution in [0.15, 0.2) is 143 Å². The summed E-state index contributed by atoms with van der Waals surface area (Å²) >= 11 is 0. The number of rotatable bonds is 16. The van der Waals surface area contributed by atoms with Crippen molar-refractivity contribution in [3.8, 4) is 45.9 Å². The highest BCUT2D eigenvalue weighted by Crippen LogP contribution is 2.34. The van der Waals surface area contributed by atoms with Gasteiger partial charge in [-0.25, -0.2) is 35.2 Å². The first kappa shape index (κ1) is 51.5. The van der Waals surface area contributed by atoms with Crippen molar-refractivity contribution in [2.24, 2.45) is 0 Å². The number of carboxylic acids is 1. The summed E-state index contributed by atoms with van der Waals surface area (Å²) in [7, 11) is -4.88.